The van der Waals surface area contributed by atoms with E-state index in [1.165, 1.54) is 11.1 Å². The van der Waals surface area contributed by atoms with Crippen LogP contribution in [0.3, 0.4) is 0 Å². The molecule has 0 spiro atoms. The van der Waals surface area contributed by atoms with Gasteiger partial charge in [0.2, 0.25) is 5.78 Å². The lowest BCUT2D eigenvalue weighted by Crippen LogP contribution is -2.23. The number of aromatic nitrogens is 4. The highest BCUT2D eigenvalue weighted by Gasteiger charge is 2.16. The minimum atomic E-state index is 0.0156. The number of benzene rings is 2. The number of aryl methyl sites for hydroxylation is 2. The number of nitrogens with zero attached hydrogens (tertiary/aromatic N) is 4. The van der Waals surface area contributed by atoms with Gasteiger partial charge in [-0.1, -0.05) is 73.5 Å². The van der Waals surface area contributed by atoms with E-state index in [9.17, 15) is 4.79 Å². The van der Waals surface area contributed by atoms with Crippen LogP contribution in [-0.2, 0) is 12.3 Å². The van der Waals surface area contributed by atoms with Gasteiger partial charge in [-0.15, -0.1) is 10.2 Å². The fourth-order valence-corrected chi connectivity index (χ4v) is 4.38. The second-order valence-electron chi connectivity index (χ2n) is 7.08. The quantitative estimate of drug-likeness (QED) is 0.334. The summed E-state index contributed by atoms with van der Waals surface area (Å²) in [4.78, 5) is 13.0. The highest BCUT2D eigenvalue weighted by atomic mass is 32.2. The third kappa shape index (κ3) is 3.56. The lowest BCUT2D eigenvalue weighted by Gasteiger charge is -2.11. The summed E-state index contributed by atoms with van der Waals surface area (Å²) in [7, 11) is 0. The summed E-state index contributed by atoms with van der Waals surface area (Å²) >= 11 is 1.65. The minimum absolute atomic E-state index is 0.0156. The topological polar surface area (TPSA) is 52.2 Å². The molecule has 0 saturated carbocycles. The van der Waals surface area contributed by atoms with E-state index < -0.39 is 0 Å². The second-order valence-corrected chi connectivity index (χ2v) is 8.02. The molecule has 0 atom stereocenters. The zero-order valence-corrected chi connectivity index (χ0v) is 17.1. The molecule has 2 aromatic carbocycles. The van der Waals surface area contributed by atoms with Gasteiger partial charge in [0.15, 0.2) is 5.16 Å². The van der Waals surface area contributed by atoms with E-state index in [-0.39, 0.29) is 5.56 Å². The third-order valence-corrected chi connectivity index (χ3v) is 5.91. The number of hydrogen-bond donors (Lipinski definition) is 0. The van der Waals surface area contributed by atoms with E-state index in [1.54, 1.807) is 16.3 Å². The van der Waals surface area contributed by atoms with Crippen molar-refractivity contribution >= 4 is 28.4 Å². The van der Waals surface area contributed by atoms with Gasteiger partial charge >= 0.3 is 0 Å². The van der Waals surface area contributed by atoms with Crippen LogP contribution in [0.4, 0.5) is 0 Å². The van der Waals surface area contributed by atoms with E-state index >= 15 is 0 Å². The Labute approximate surface area is 168 Å². The van der Waals surface area contributed by atoms with Crippen LogP contribution in [-0.4, -0.2) is 19.2 Å². The molecule has 0 aliphatic heterocycles. The van der Waals surface area contributed by atoms with Crippen molar-refractivity contribution < 1.29 is 0 Å². The Morgan fingerprint density at radius 2 is 1.89 bits per heavy atom. The Bertz CT molecular complexity index is 1180. The van der Waals surface area contributed by atoms with Crippen LogP contribution in [0.2, 0.25) is 0 Å². The monoisotopic (exact) mass is 392 g/mol. The maximum Gasteiger partial charge on any atom is 0.262 e. The number of fused-ring (bicyclic) bond motifs is 3. The van der Waals surface area contributed by atoms with Crippen molar-refractivity contribution in [2.24, 2.45) is 0 Å². The van der Waals surface area contributed by atoms with Gasteiger partial charge in [0, 0.05) is 12.3 Å². The zero-order chi connectivity index (χ0) is 19.5. The lowest BCUT2D eigenvalue weighted by molar-refractivity contribution is 0.594. The van der Waals surface area contributed by atoms with E-state index in [1.807, 2.05) is 28.7 Å². The summed E-state index contributed by atoms with van der Waals surface area (Å²) in [6.07, 6.45) is 3.17. The fourth-order valence-electron chi connectivity index (χ4n) is 3.50. The van der Waals surface area contributed by atoms with Crippen LogP contribution in [0.25, 0.3) is 16.7 Å². The molecule has 2 heterocycles. The molecule has 2 aromatic heterocycles. The van der Waals surface area contributed by atoms with E-state index in [0.29, 0.717) is 17.7 Å². The maximum absolute atomic E-state index is 13.0. The van der Waals surface area contributed by atoms with Crippen LogP contribution in [0.5, 0.6) is 0 Å². The molecule has 6 heteroatoms. The first-order valence-corrected chi connectivity index (χ1v) is 10.7. The van der Waals surface area contributed by atoms with E-state index in [4.69, 9.17) is 0 Å². The molecule has 0 saturated heterocycles. The SMILES string of the molecule is CCCCCn1c(=O)c2ccccc2n2c(SCc3cccc(C)c3)nnc12. The Morgan fingerprint density at radius 3 is 2.71 bits per heavy atom. The Balaban J connectivity index is 1.79. The van der Waals surface area contributed by atoms with Gasteiger partial charge in [-0.3, -0.25) is 13.8 Å². The lowest BCUT2D eigenvalue weighted by atomic mass is 10.2. The smallest absolute Gasteiger partial charge is 0.262 e. The number of unbranched alkanes of at least 4 members (excludes halogenated alkanes) is 2. The van der Waals surface area contributed by atoms with Gasteiger partial charge in [-0.2, -0.15) is 0 Å². The number of rotatable bonds is 7. The first-order valence-electron chi connectivity index (χ1n) is 9.74. The molecule has 0 unspecified atom stereocenters. The number of hydrogen-bond acceptors (Lipinski definition) is 4. The van der Waals surface area contributed by atoms with Crippen LogP contribution < -0.4 is 5.56 Å². The first-order chi connectivity index (χ1) is 13.7. The average molecular weight is 393 g/mol. The predicted molar refractivity (Wildman–Crippen MR) is 115 cm³/mol. The molecule has 0 radical (unpaired) electrons. The third-order valence-electron chi connectivity index (χ3n) is 4.91. The Hall–Kier alpha value is -2.60. The molecule has 5 nitrogen and oxygen atoms in total. The van der Waals surface area contributed by atoms with Crippen LogP contribution in [0.1, 0.15) is 37.3 Å². The van der Waals surface area contributed by atoms with E-state index in [2.05, 4.69) is 48.3 Å². The summed E-state index contributed by atoms with van der Waals surface area (Å²) in [6.45, 7) is 4.93. The van der Waals surface area contributed by atoms with Crippen LogP contribution in [0, 0.1) is 6.92 Å². The summed E-state index contributed by atoms with van der Waals surface area (Å²) < 4.78 is 3.81. The molecule has 0 fully saturated rings. The van der Waals surface area contributed by atoms with Gasteiger partial charge in [-0.25, -0.2) is 0 Å². The van der Waals surface area contributed by atoms with Gasteiger partial charge < -0.3 is 0 Å². The highest BCUT2D eigenvalue weighted by molar-refractivity contribution is 7.98. The van der Waals surface area contributed by atoms with Crippen molar-refractivity contribution in [1.29, 1.82) is 0 Å². The van der Waals surface area contributed by atoms with Gasteiger partial charge in [-0.05, 0) is 31.0 Å². The highest BCUT2D eigenvalue weighted by Crippen LogP contribution is 2.25. The summed E-state index contributed by atoms with van der Waals surface area (Å²) in [5.74, 6) is 1.44. The molecule has 4 aromatic rings. The van der Waals surface area contributed by atoms with Gasteiger partial charge in [0.1, 0.15) is 0 Å². The maximum atomic E-state index is 13.0. The Morgan fingerprint density at radius 1 is 1.04 bits per heavy atom. The second kappa shape index (κ2) is 8.19. The van der Waals surface area contributed by atoms with Crippen LogP contribution >= 0.6 is 11.8 Å². The molecule has 4 rings (SSSR count). The molecular weight excluding hydrogens is 368 g/mol. The van der Waals surface area contributed by atoms with Gasteiger partial charge in [0.05, 0.1) is 10.9 Å². The van der Waals surface area contributed by atoms with E-state index in [0.717, 1.165) is 35.7 Å². The average Bonchev–Trinajstić information content (AvgIpc) is 3.13. The fraction of sp³-hybridized carbons (Fsp3) is 0.318. The molecule has 28 heavy (non-hydrogen) atoms. The van der Waals surface area contributed by atoms with Gasteiger partial charge in [0.25, 0.3) is 5.56 Å². The van der Waals surface area contributed by atoms with Crippen molar-refractivity contribution in [3.63, 3.8) is 0 Å². The largest absolute Gasteiger partial charge is 0.276 e. The zero-order valence-electron chi connectivity index (χ0n) is 16.3. The molecule has 0 N–H and O–H groups in total. The number of para-hydroxylation sites is 1. The predicted octanol–water partition coefficient (Wildman–Crippen LogP) is 4.84. The van der Waals surface area contributed by atoms with Crippen molar-refractivity contribution in [2.45, 2.75) is 50.6 Å². The standard InChI is InChI=1S/C22H24N4OS/c1-3-4-7-13-25-20(27)18-11-5-6-12-19(18)26-21(25)23-24-22(26)28-15-17-10-8-9-16(2)14-17/h5-6,8-12,14H,3-4,7,13,15H2,1-2H3. The van der Waals surface area contributed by atoms with Crippen molar-refractivity contribution in [1.82, 2.24) is 19.2 Å². The molecule has 0 aliphatic carbocycles. The summed E-state index contributed by atoms with van der Waals surface area (Å²) in [5, 5.41) is 10.4. The molecule has 0 aliphatic rings. The normalized spacial score (nSPS) is 11.5. The molecule has 0 amide bonds. The summed E-state index contributed by atoms with van der Waals surface area (Å²) in [5.41, 5.74) is 3.38. The Kier molecular flexibility index (Phi) is 5.48. The minimum Gasteiger partial charge on any atom is -0.276 e. The summed E-state index contributed by atoms with van der Waals surface area (Å²) in [6, 6.07) is 16.2. The van der Waals surface area contributed by atoms with Crippen molar-refractivity contribution in [3.8, 4) is 0 Å². The van der Waals surface area contributed by atoms with Crippen molar-refractivity contribution in [2.75, 3.05) is 0 Å². The molecule has 144 valence electrons. The first kappa shape index (κ1) is 18.7. The number of thioether (sulfide) groups is 1. The van der Waals surface area contributed by atoms with Crippen molar-refractivity contribution in [3.05, 3.63) is 70.0 Å². The van der Waals surface area contributed by atoms with Crippen LogP contribution in [0.15, 0.2) is 58.5 Å². The molecular formula is C22H24N4OS. The molecule has 0 bridgehead atoms.